The third-order valence-electron chi connectivity index (χ3n) is 5.92. The lowest BCUT2D eigenvalue weighted by Crippen LogP contribution is -2.44. The van der Waals surface area contributed by atoms with Gasteiger partial charge in [0.2, 0.25) is 0 Å². The molecule has 0 amide bonds. The van der Waals surface area contributed by atoms with Crippen LogP contribution in [0, 0.1) is 0 Å². The molecule has 2 fully saturated rings. The highest BCUT2D eigenvalue weighted by Gasteiger charge is 2.22. The van der Waals surface area contributed by atoms with Crippen LogP contribution in [0.5, 0.6) is 5.75 Å². The number of benzene rings is 1. The highest BCUT2D eigenvalue weighted by Crippen LogP contribution is 2.26. The summed E-state index contributed by atoms with van der Waals surface area (Å²) in [6, 6.07) is 8.79. The molecule has 2 aliphatic heterocycles. The van der Waals surface area contributed by atoms with E-state index in [9.17, 15) is 0 Å². The van der Waals surface area contributed by atoms with Gasteiger partial charge in [-0.15, -0.1) is 0 Å². The highest BCUT2D eigenvalue weighted by molar-refractivity contribution is 5.79. The minimum Gasteiger partial charge on any atom is -0.497 e. The molecule has 1 atom stereocenters. The second-order valence-corrected chi connectivity index (χ2v) is 7.99. The van der Waals surface area contributed by atoms with E-state index >= 15 is 0 Å². The fourth-order valence-electron chi connectivity index (χ4n) is 4.16. The molecule has 1 unspecified atom stereocenters. The third kappa shape index (κ3) is 7.15. The van der Waals surface area contributed by atoms with Gasteiger partial charge in [-0.05, 0) is 50.6 Å². The van der Waals surface area contributed by atoms with Gasteiger partial charge in [0.15, 0.2) is 5.96 Å². The van der Waals surface area contributed by atoms with Gasteiger partial charge in [0.1, 0.15) is 5.75 Å². The maximum absolute atomic E-state index is 5.43. The Balaban J connectivity index is 1.62. The summed E-state index contributed by atoms with van der Waals surface area (Å²) in [6.45, 7) is 11.6. The molecule has 0 aliphatic carbocycles. The third-order valence-corrected chi connectivity index (χ3v) is 5.92. The first-order chi connectivity index (χ1) is 14.8. The number of likely N-dealkylation sites (tertiary alicyclic amines) is 1. The van der Waals surface area contributed by atoms with Crippen molar-refractivity contribution >= 4 is 5.96 Å². The van der Waals surface area contributed by atoms with Gasteiger partial charge in [-0.3, -0.25) is 14.8 Å². The maximum atomic E-state index is 5.43. The molecule has 168 valence electrons. The van der Waals surface area contributed by atoms with Crippen LogP contribution in [0.25, 0.3) is 0 Å². The summed E-state index contributed by atoms with van der Waals surface area (Å²) in [7, 11) is 1.71. The van der Waals surface area contributed by atoms with Crippen LogP contribution in [-0.4, -0.2) is 88.4 Å². The Bertz CT molecular complexity index is 625. The number of guanidine groups is 1. The number of nitrogens with zero attached hydrogens (tertiary/aromatic N) is 3. The predicted molar refractivity (Wildman–Crippen MR) is 122 cm³/mol. The Kier molecular flexibility index (Phi) is 9.73. The van der Waals surface area contributed by atoms with E-state index in [0.29, 0.717) is 6.04 Å². The number of morpholine rings is 1. The average molecular weight is 418 g/mol. The zero-order valence-corrected chi connectivity index (χ0v) is 18.7. The molecule has 2 heterocycles. The van der Waals surface area contributed by atoms with Crippen LogP contribution in [0.4, 0.5) is 0 Å². The van der Waals surface area contributed by atoms with Gasteiger partial charge >= 0.3 is 0 Å². The zero-order valence-electron chi connectivity index (χ0n) is 18.7. The van der Waals surface area contributed by atoms with Gasteiger partial charge in [0.25, 0.3) is 0 Å². The van der Waals surface area contributed by atoms with Gasteiger partial charge < -0.3 is 20.1 Å². The Morgan fingerprint density at radius 1 is 1.07 bits per heavy atom. The predicted octanol–water partition coefficient (Wildman–Crippen LogP) is 2.11. The van der Waals surface area contributed by atoms with Crippen molar-refractivity contribution in [2.45, 2.75) is 32.2 Å². The van der Waals surface area contributed by atoms with E-state index in [0.717, 1.165) is 77.3 Å². The highest BCUT2D eigenvalue weighted by atomic mass is 16.5. The Hall–Kier alpha value is -1.83. The van der Waals surface area contributed by atoms with E-state index in [1.807, 2.05) is 0 Å². The summed E-state index contributed by atoms with van der Waals surface area (Å²) in [5.41, 5.74) is 1.31. The zero-order chi connectivity index (χ0) is 21.0. The van der Waals surface area contributed by atoms with E-state index in [-0.39, 0.29) is 0 Å². The van der Waals surface area contributed by atoms with Crippen LogP contribution in [0.15, 0.2) is 29.3 Å². The summed E-state index contributed by atoms with van der Waals surface area (Å²) < 4.78 is 10.8. The van der Waals surface area contributed by atoms with Crippen LogP contribution in [0.1, 0.15) is 37.8 Å². The molecule has 1 aromatic rings. The van der Waals surface area contributed by atoms with Gasteiger partial charge in [-0.25, -0.2) is 0 Å². The normalized spacial score (nSPS) is 20.0. The lowest BCUT2D eigenvalue weighted by molar-refractivity contribution is 0.0389. The number of rotatable bonds is 9. The van der Waals surface area contributed by atoms with Crippen molar-refractivity contribution in [2.75, 3.05) is 72.7 Å². The van der Waals surface area contributed by atoms with Crippen molar-refractivity contribution in [3.05, 3.63) is 29.8 Å². The Morgan fingerprint density at radius 2 is 1.80 bits per heavy atom. The smallest absolute Gasteiger partial charge is 0.191 e. The van der Waals surface area contributed by atoms with Crippen LogP contribution >= 0.6 is 0 Å². The Morgan fingerprint density at radius 3 is 2.47 bits per heavy atom. The first-order valence-corrected chi connectivity index (χ1v) is 11.5. The van der Waals surface area contributed by atoms with Crippen LogP contribution in [0.3, 0.4) is 0 Å². The lowest BCUT2D eigenvalue weighted by Gasteiger charge is -2.34. The molecular formula is C23H39N5O2. The van der Waals surface area contributed by atoms with Crippen molar-refractivity contribution in [3.63, 3.8) is 0 Å². The molecule has 0 saturated carbocycles. The fourth-order valence-corrected chi connectivity index (χ4v) is 4.16. The number of aliphatic imine (C=N–C) groups is 1. The van der Waals surface area contributed by atoms with E-state index < -0.39 is 0 Å². The van der Waals surface area contributed by atoms with Gasteiger partial charge in [0.05, 0.1) is 32.9 Å². The first kappa shape index (κ1) is 22.8. The molecular weight excluding hydrogens is 378 g/mol. The molecule has 0 aromatic heterocycles. The van der Waals surface area contributed by atoms with Gasteiger partial charge in [0, 0.05) is 32.7 Å². The van der Waals surface area contributed by atoms with Crippen molar-refractivity contribution < 1.29 is 9.47 Å². The SMILES string of the molecule is CCNC(=NCC(c1ccc(OC)cc1)N1CCCCC1)NCCN1CCOCC1. The molecule has 7 nitrogen and oxygen atoms in total. The van der Waals surface area contributed by atoms with E-state index in [1.54, 1.807) is 7.11 Å². The number of ether oxygens (including phenoxy) is 2. The summed E-state index contributed by atoms with van der Waals surface area (Å²) in [5, 5.41) is 6.92. The first-order valence-electron chi connectivity index (χ1n) is 11.5. The topological polar surface area (TPSA) is 61.4 Å². The number of methoxy groups -OCH3 is 1. The molecule has 0 spiro atoms. The second-order valence-electron chi connectivity index (χ2n) is 7.99. The van der Waals surface area contributed by atoms with E-state index in [2.05, 4.69) is 51.6 Å². The summed E-state index contributed by atoms with van der Waals surface area (Å²) in [5.74, 6) is 1.80. The van der Waals surface area contributed by atoms with E-state index in [1.165, 1.54) is 24.8 Å². The molecule has 3 rings (SSSR count). The van der Waals surface area contributed by atoms with Gasteiger partial charge in [-0.1, -0.05) is 18.6 Å². The monoisotopic (exact) mass is 417 g/mol. The molecule has 1 aromatic carbocycles. The number of hydrogen-bond donors (Lipinski definition) is 2. The van der Waals surface area contributed by atoms with Crippen molar-refractivity contribution in [3.8, 4) is 5.75 Å². The largest absolute Gasteiger partial charge is 0.497 e. The number of piperidine rings is 1. The van der Waals surface area contributed by atoms with Gasteiger partial charge in [-0.2, -0.15) is 0 Å². The molecule has 2 saturated heterocycles. The van der Waals surface area contributed by atoms with Crippen molar-refractivity contribution in [1.29, 1.82) is 0 Å². The second kappa shape index (κ2) is 12.8. The van der Waals surface area contributed by atoms with E-state index in [4.69, 9.17) is 14.5 Å². The van der Waals surface area contributed by atoms with Crippen LogP contribution in [0.2, 0.25) is 0 Å². The minimum atomic E-state index is 0.297. The summed E-state index contributed by atoms with van der Waals surface area (Å²) in [4.78, 5) is 10.00. The Labute approximate surface area is 181 Å². The molecule has 2 N–H and O–H groups in total. The molecule has 2 aliphatic rings. The standard InChI is InChI=1S/C23H39N5O2/c1-3-24-23(25-11-14-27-15-17-30-18-16-27)26-19-22(28-12-5-4-6-13-28)20-7-9-21(29-2)10-8-20/h7-10,22H,3-6,11-19H2,1-2H3,(H2,24,25,26). The maximum Gasteiger partial charge on any atom is 0.191 e. The molecule has 30 heavy (non-hydrogen) atoms. The summed E-state index contributed by atoms with van der Waals surface area (Å²) in [6.07, 6.45) is 3.88. The van der Waals surface area contributed by atoms with Crippen LogP contribution < -0.4 is 15.4 Å². The van der Waals surface area contributed by atoms with Crippen molar-refractivity contribution in [2.24, 2.45) is 4.99 Å². The average Bonchev–Trinajstić information content (AvgIpc) is 2.81. The quantitative estimate of drug-likeness (QED) is 0.474. The van der Waals surface area contributed by atoms with Crippen LogP contribution in [-0.2, 0) is 4.74 Å². The fraction of sp³-hybridized carbons (Fsp3) is 0.696. The molecule has 7 heteroatoms. The minimum absolute atomic E-state index is 0.297. The summed E-state index contributed by atoms with van der Waals surface area (Å²) >= 11 is 0. The molecule has 0 radical (unpaired) electrons. The number of nitrogens with one attached hydrogen (secondary N) is 2. The molecule has 0 bridgehead atoms. The number of hydrogen-bond acceptors (Lipinski definition) is 5. The lowest BCUT2D eigenvalue weighted by atomic mass is 10.0. The van der Waals surface area contributed by atoms with Crippen molar-refractivity contribution in [1.82, 2.24) is 20.4 Å².